The van der Waals surface area contributed by atoms with Crippen LogP contribution in [0.3, 0.4) is 0 Å². The van der Waals surface area contributed by atoms with Crippen LogP contribution in [0.2, 0.25) is 5.02 Å². The summed E-state index contributed by atoms with van der Waals surface area (Å²) in [5.41, 5.74) is 0.771. The lowest BCUT2D eigenvalue weighted by Crippen LogP contribution is -2.33. The van der Waals surface area contributed by atoms with Crippen LogP contribution in [-0.2, 0) is 9.53 Å². The first kappa shape index (κ1) is 21.7. The first-order valence-electron chi connectivity index (χ1n) is 7.04. The second kappa shape index (κ2) is 11.2. The molecule has 0 bridgehead atoms. The number of halogens is 2. The molecule has 0 atom stereocenters. The highest BCUT2D eigenvalue weighted by atomic mass is 35.5. The van der Waals surface area contributed by atoms with Gasteiger partial charge in [-0.2, -0.15) is 0 Å². The Bertz CT molecular complexity index is 525. The highest BCUT2D eigenvalue weighted by molar-refractivity contribution is 6.31. The van der Waals surface area contributed by atoms with E-state index in [0.717, 1.165) is 0 Å². The van der Waals surface area contributed by atoms with E-state index in [4.69, 9.17) is 16.3 Å². The number of methoxy groups -OCH3 is 1. The summed E-state index contributed by atoms with van der Waals surface area (Å²) in [4.78, 5) is 24.0. The number of carbonyl (C=O) groups excluding carboxylic acids is 2. The second-order valence-electron chi connectivity index (χ2n) is 5.04. The molecule has 130 valence electrons. The first-order chi connectivity index (χ1) is 10.4. The molecule has 0 aromatic heterocycles. The molecule has 3 N–H and O–H groups in total. The van der Waals surface area contributed by atoms with Gasteiger partial charge in [0.1, 0.15) is 0 Å². The van der Waals surface area contributed by atoms with Gasteiger partial charge in [-0.25, -0.2) is 0 Å². The van der Waals surface area contributed by atoms with E-state index >= 15 is 0 Å². The Morgan fingerprint density at radius 1 is 1.30 bits per heavy atom. The van der Waals surface area contributed by atoms with E-state index in [1.807, 2.05) is 13.8 Å². The molecule has 1 rings (SSSR count). The third kappa shape index (κ3) is 8.18. The van der Waals surface area contributed by atoms with Gasteiger partial charge in [-0.1, -0.05) is 11.6 Å². The highest BCUT2D eigenvalue weighted by Gasteiger charge is 2.14. The zero-order valence-corrected chi connectivity index (χ0v) is 15.0. The molecule has 0 fully saturated rings. The summed E-state index contributed by atoms with van der Waals surface area (Å²) >= 11 is 5.94. The van der Waals surface area contributed by atoms with E-state index in [2.05, 4.69) is 16.0 Å². The zero-order chi connectivity index (χ0) is 16.5. The van der Waals surface area contributed by atoms with Crippen LogP contribution in [-0.4, -0.2) is 44.7 Å². The van der Waals surface area contributed by atoms with Crippen LogP contribution in [0, 0.1) is 0 Å². The van der Waals surface area contributed by atoms with Gasteiger partial charge in [-0.05, 0) is 32.0 Å². The number of hydrogen-bond donors (Lipinski definition) is 3. The van der Waals surface area contributed by atoms with Crippen molar-refractivity contribution in [1.29, 1.82) is 0 Å². The highest BCUT2D eigenvalue weighted by Crippen LogP contribution is 2.21. The zero-order valence-electron chi connectivity index (χ0n) is 13.4. The van der Waals surface area contributed by atoms with E-state index in [1.165, 1.54) is 0 Å². The molecule has 0 heterocycles. The molecular weight excluding hydrogens is 341 g/mol. The van der Waals surface area contributed by atoms with E-state index in [1.54, 1.807) is 25.3 Å². The van der Waals surface area contributed by atoms with Crippen molar-refractivity contribution in [3.63, 3.8) is 0 Å². The fraction of sp³-hybridized carbons (Fsp3) is 0.467. The van der Waals surface area contributed by atoms with Crippen LogP contribution in [0.5, 0.6) is 0 Å². The fourth-order valence-electron chi connectivity index (χ4n) is 1.73. The van der Waals surface area contributed by atoms with Crippen LogP contribution in [0.1, 0.15) is 24.2 Å². The molecule has 0 aliphatic heterocycles. The Hall–Kier alpha value is -1.34. The number of benzene rings is 1. The second-order valence-corrected chi connectivity index (χ2v) is 5.47. The smallest absolute Gasteiger partial charge is 0.253 e. The molecule has 23 heavy (non-hydrogen) atoms. The molecule has 1 aromatic carbocycles. The van der Waals surface area contributed by atoms with E-state index in [0.29, 0.717) is 29.4 Å². The van der Waals surface area contributed by atoms with Gasteiger partial charge in [0.05, 0.1) is 24.4 Å². The quantitative estimate of drug-likeness (QED) is 0.617. The van der Waals surface area contributed by atoms with Gasteiger partial charge in [-0.15, -0.1) is 12.4 Å². The monoisotopic (exact) mass is 363 g/mol. The molecule has 8 heteroatoms. The largest absolute Gasteiger partial charge is 0.383 e. The lowest BCUT2D eigenvalue weighted by Gasteiger charge is -2.14. The Labute approximate surface area is 147 Å². The SMILES string of the molecule is COCCNCC(=O)Nc1cc(Cl)ccc1C(=O)NC(C)C.Cl. The molecule has 1 aromatic rings. The lowest BCUT2D eigenvalue weighted by atomic mass is 10.1. The van der Waals surface area contributed by atoms with E-state index in [-0.39, 0.29) is 36.8 Å². The minimum absolute atomic E-state index is 0. The standard InChI is InChI=1S/C15H22ClN3O3.ClH/c1-10(2)18-15(21)12-5-4-11(16)8-13(12)19-14(20)9-17-6-7-22-3;/h4-5,8,10,17H,6-7,9H2,1-3H3,(H,18,21)(H,19,20);1H. The number of ether oxygens (including phenoxy) is 1. The predicted octanol–water partition coefficient (Wildman–Crippen LogP) is 2.07. The minimum atomic E-state index is -0.255. The van der Waals surface area contributed by atoms with Gasteiger partial charge in [-0.3, -0.25) is 9.59 Å². The summed E-state index contributed by atoms with van der Waals surface area (Å²) < 4.78 is 4.88. The molecular formula is C15H23Cl2N3O3. The topological polar surface area (TPSA) is 79.5 Å². The Kier molecular flexibility index (Phi) is 10.6. The molecule has 2 amide bonds. The number of carbonyl (C=O) groups is 2. The Balaban J connectivity index is 0.00000484. The van der Waals surface area contributed by atoms with Gasteiger partial charge in [0.25, 0.3) is 5.91 Å². The number of anilines is 1. The Morgan fingerprint density at radius 3 is 2.61 bits per heavy atom. The average molecular weight is 364 g/mol. The molecule has 0 unspecified atom stereocenters. The molecule has 0 aliphatic carbocycles. The normalized spacial score (nSPS) is 10.1. The molecule has 0 radical (unpaired) electrons. The maximum absolute atomic E-state index is 12.1. The van der Waals surface area contributed by atoms with Gasteiger partial charge >= 0.3 is 0 Å². The van der Waals surface area contributed by atoms with Crippen molar-refractivity contribution >= 4 is 41.5 Å². The molecule has 0 aliphatic rings. The van der Waals surface area contributed by atoms with Crippen molar-refractivity contribution in [3.05, 3.63) is 28.8 Å². The number of hydrogen-bond acceptors (Lipinski definition) is 4. The van der Waals surface area contributed by atoms with Crippen LogP contribution >= 0.6 is 24.0 Å². The first-order valence-corrected chi connectivity index (χ1v) is 7.41. The van der Waals surface area contributed by atoms with Gasteiger partial charge < -0.3 is 20.7 Å². The van der Waals surface area contributed by atoms with Crippen LogP contribution < -0.4 is 16.0 Å². The van der Waals surface area contributed by atoms with Crippen LogP contribution in [0.15, 0.2) is 18.2 Å². The van der Waals surface area contributed by atoms with Crippen molar-refractivity contribution in [2.75, 3.05) is 32.1 Å². The molecule has 0 saturated heterocycles. The number of amides is 2. The summed E-state index contributed by atoms with van der Waals surface area (Å²) in [5, 5.41) is 8.86. The average Bonchev–Trinajstić information content (AvgIpc) is 2.43. The summed E-state index contributed by atoms with van der Waals surface area (Å²) in [7, 11) is 1.59. The van der Waals surface area contributed by atoms with E-state index in [9.17, 15) is 9.59 Å². The van der Waals surface area contributed by atoms with Crippen molar-refractivity contribution in [2.45, 2.75) is 19.9 Å². The van der Waals surface area contributed by atoms with Gasteiger partial charge in [0.15, 0.2) is 0 Å². The number of nitrogens with one attached hydrogen (secondary N) is 3. The van der Waals surface area contributed by atoms with Gasteiger partial charge in [0.2, 0.25) is 5.91 Å². The third-order valence-electron chi connectivity index (χ3n) is 2.69. The molecule has 0 spiro atoms. The number of rotatable bonds is 8. The maximum Gasteiger partial charge on any atom is 0.253 e. The molecule has 0 saturated carbocycles. The maximum atomic E-state index is 12.1. The molecule has 6 nitrogen and oxygen atoms in total. The summed E-state index contributed by atoms with van der Waals surface area (Å²) in [5.74, 6) is -0.508. The Morgan fingerprint density at radius 2 is 2.00 bits per heavy atom. The summed E-state index contributed by atoms with van der Waals surface area (Å²) in [6.45, 7) is 4.95. The predicted molar refractivity (Wildman–Crippen MR) is 94.7 cm³/mol. The summed E-state index contributed by atoms with van der Waals surface area (Å²) in [6, 6.07) is 4.77. The van der Waals surface area contributed by atoms with E-state index < -0.39 is 0 Å². The van der Waals surface area contributed by atoms with Gasteiger partial charge in [0, 0.05) is 24.7 Å². The van der Waals surface area contributed by atoms with Crippen molar-refractivity contribution < 1.29 is 14.3 Å². The summed E-state index contributed by atoms with van der Waals surface area (Å²) in [6.07, 6.45) is 0. The van der Waals surface area contributed by atoms with Crippen LogP contribution in [0.25, 0.3) is 0 Å². The van der Waals surface area contributed by atoms with Crippen LogP contribution in [0.4, 0.5) is 5.69 Å². The lowest BCUT2D eigenvalue weighted by molar-refractivity contribution is -0.115. The van der Waals surface area contributed by atoms with Crippen molar-refractivity contribution in [3.8, 4) is 0 Å². The minimum Gasteiger partial charge on any atom is -0.383 e. The van der Waals surface area contributed by atoms with Crippen molar-refractivity contribution in [2.24, 2.45) is 0 Å². The third-order valence-corrected chi connectivity index (χ3v) is 2.92. The van der Waals surface area contributed by atoms with Crippen molar-refractivity contribution in [1.82, 2.24) is 10.6 Å². The fourth-order valence-corrected chi connectivity index (χ4v) is 1.90.